The molecular weight excluding hydrogens is 100 g/mol. The van der Waals surface area contributed by atoms with E-state index in [9.17, 15) is 5.11 Å². The molecule has 1 heteroatoms. The molecule has 8 heavy (non-hydrogen) atoms. The molecule has 0 aliphatic rings. The van der Waals surface area contributed by atoms with Gasteiger partial charge in [0.15, 0.2) is 0 Å². The van der Waals surface area contributed by atoms with Gasteiger partial charge in [0.05, 0.1) is 6.10 Å². The fraction of sp³-hybridized carbons (Fsp3) is 0.714. The summed E-state index contributed by atoms with van der Waals surface area (Å²) in [7, 11) is 0. The molecule has 0 saturated heterocycles. The van der Waals surface area contributed by atoms with Crippen LogP contribution in [0.1, 0.15) is 26.7 Å². The Morgan fingerprint density at radius 3 is 2.38 bits per heavy atom. The largest absolute Gasteiger partial charge is 0.233 e. The third-order valence-electron chi connectivity index (χ3n) is 0.978. The van der Waals surface area contributed by atoms with Crippen molar-refractivity contribution in [1.82, 2.24) is 0 Å². The fourth-order valence-corrected chi connectivity index (χ4v) is 0.450. The van der Waals surface area contributed by atoms with Crippen LogP contribution in [0.4, 0.5) is 0 Å². The van der Waals surface area contributed by atoms with Crippen LogP contribution in [-0.2, 0) is 5.11 Å². The number of hydrogen-bond acceptors (Lipinski definition) is 0. The van der Waals surface area contributed by atoms with E-state index in [0.29, 0.717) is 0 Å². The van der Waals surface area contributed by atoms with E-state index in [2.05, 4.69) is 6.58 Å². The minimum Gasteiger partial charge on any atom is -0.233 e. The van der Waals surface area contributed by atoms with Crippen molar-refractivity contribution in [3.8, 4) is 0 Å². The predicted molar refractivity (Wildman–Crippen MR) is 34.2 cm³/mol. The Bertz CT molecular complexity index is 74.5. The van der Waals surface area contributed by atoms with Gasteiger partial charge in [-0.3, -0.25) is 0 Å². The molecule has 0 aromatic rings. The molecule has 0 amide bonds. The van der Waals surface area contributed by atoms with Gasteiger partial charge >= 0.3 is 0 Å². The second-order valence-electron chi connectivity index (χ2n) is 2.31. The van der Waals surface area contributed by atoms with Crippen molar-refractivity contribution in [2.24, 2.45) is 0 Å². The van der Waals surface area contributed by atoms with Crippen LogP contribution in [0, 0.1) is 0 Å². The maximum absolute atomic E-state index is 10.4. The Labute approximate surface area is 51.0 Å². The number of allylic oxidation sites excluding steroid dienone is 1. The van der Waals surface area contributed by atoms with E-state index in [4.69, 9.17) is 0 Å². The van der Waals surface area contributed by atoms with Gasteiger partial charge in [0.2, 0.25) is 0 Å². The van der Waals surface area contributed by atoms with Gasteiger partial charge in [-0.25, -0.2) is 5.11 Å². The van der Waals surface area contributed by atoms with Crippen molar-refractivity contribution in [3.63, 3.8) is 0 Å². The van der Waals surface area contributed by atoms with E-state index in [0.717, 1.165) is 18.4 Å². The highest BCUT2D eigenvalue weighted by atomic mass is 16.3. The first kappa shape index (κ1) is 7.70. The van der Waals surface area contributed by atoms with E-state index < -0.39 is 6.10 Å². The lowest BCUT2D eigenvalue weighted by Crippen LogP contribution is -1.95. The lowest BCUT2D eigenvalue weighted by Gasteiger charge is -1.98. The summed E-state index contributed by atoms with van der Waals surface area (Å²) >= 11 is 0. The standard InChI is InChI=1S/C7H13O/c1-6(2)4-5-7(3)8/h7H,1,4-5H2,2-3H3. The average Bonchev–Trinajstić information content (AvgIpc) is 1.61. The molecule has 0 rings (SSSR count). The second kappa shape index (κ2) is 3.67. The molecule has 0 heterocycles. The van der Waals surface area contributed by atoms with E-state index in [1.807, 2.05) is 6.92 Å². The van der Waals surface area contributed by atoms with Crippen LogP contribution in [0.5, 0.6) is 0 Å². The third kappa shape index (κ3) is 5.70. The summed E-state index contributed by atoms with van der Waals surface area (Å²) in [6.45, 7) is 7.32. The lowest BCUT2D eigenvalue weighted by atomic mass is 10.1. The van der Waals surface area contributed by atoms with Crippen LogP contribution in [0.3, 0.4) is 0 Å². The van der Waals surface area contributed by atoms with Crippen LogP contribution in [0.25, 0.3) is 0 Å². The molecule has 0 aromatic carbocycles. The SMILES string of the molecule is C=C(C)CCC(C)[O]. The lowest BCUT2D eigenvalue weighted by molar-refractivity contribution is 0.0980. The van der Waals surface area contributed by atoms with E-state index >= 15 is 0 Å². The molecule has 1 unspecified atom stereocenters. The first-order valence-corrected chi connectivity index (χ1v) is 2.93. The van der Waals surface area contributed by atoms with Gasteiger partial charge in [-0.2, -0.15) is 0 Å². The maximum Gasteiger partial charge on any atom is 0.0905 e. The molecule has 1 atom stereocenters. The highest BCUT2D eigenvalue weighted by Crippen LogP contribution is 2.03. The molecule has 0 aliphatic carbocycles. The van der Waals surface area contributed by atoms with Crippen LogP contribution in [0.15, 0.2) is 12.2 Å². The molecule has 0 aliphatic heterocycles. The quantitative estimate of drug-likeness (QED) is 0.500. The highest BCUT2D eigenvalue weighted by molar-refractivity contribution is 4.87. The molecule has 0 spiro atoms. The van der Waals surface area contributed by atoms with E-state index in [1.54, 1.807) is 6.92 Å². The third-order valence-corrected chi connectivity index (χ3v) is 0.978. The summed E-state index contributed by atoms with van der Waals surface area (Å²) in [5, 5.41) is 10.4. The first-order chi connectivity index (χ1) is 3.63. The summed E-state index contributed by atoms with van der Waals surface area (Å²) < 4.78 is 0. The fourth-order valence-electron chi connectivity index (χ4n) is 0.450. The summed E-state index contributed by atoms with van der Waals surface area (Å²) in [5.74, 6) is 0. The van der Waals surface area contributed by atoms with Crippen molar-refractivity contribution in [1.29, 1.82) is 0 Å². The normalized spacial score (nSPS) is 13.4. The topological polar surface area (TPSA) is 19.9 Å². The minimum atomic E-state index is -0.424. The van der Waals surface area contributed by atoms with Gasteiger partial charge in [-0.05, 0) is 26.7 Å². The Morgan fingerprint density at radius 1 is 1.75 bits per heavy atom. The Balaban J connectivity index is 3.05. The monoisotopic (exact) mass is 113 g/mol. The molecule has 1 nitrogen and oxygen atoms in total. The van der Waals surface area contributed by atoms with Crippen molar-refractivity contribution >= 4 is 0 Å². The molecule has 47 valence electrons. The zero-order valence-electron chi connectivity index (χ0n) is 5.61. The smallest absolute Gasteiger partial charge is 0.0905 e. The average molecular weight is 113 g/mol. The van der Waals surface area contributed by atoms with Crippen molar-refractivity contribution in [3.05, 3.63) is 12.2 Å². The number of hydrogen-bond donors (Lipinski definition) is 0. The molecule has 0 aromatic heterocycles. The van der Waals surface area contributed by atoms with Crippen LogP contribution < -0.4 is 0 Å². The van der Waals surface area contributed by atoms with Gasteiger partial charge in [-0.15, -0.1) is 6.58 Å². The van der Waals surface area contributed by atoms with Crippen molar-refractivity contribution in [2.45, 2.75) is 32.8 Å². The van der Waals surface area contributed by atoms with E-state index in [1.165, 1.54) is 0 Å². The van der Waals surface area contributed by atoms with Crippen LogP contribution >= 0.6 is 0 Å². The summed E-state index contributed by atoms with van der Waals surface area (Å²) in [6.07, 6.45) is 1.19. The number of rotatable bonds is 3. The summed E-state index contributed by atoms with van der Waals surface area (Å²) in [6, 6.07) is 0. The Kier molecular flexibility index (Phi) is 3.53. The molecule has 0 N–H and O–H groups in total. The van der Waals surface area contributed by atoms with Gasteiger partial charge in [0.25, 0.3) is 0 Å². The molecule has 0 fully saturated rings. The molecule has 0 saturated carbocycles. The first-order valence-electron chi connectivity index (χ1n) is 2.93. The Hall–Kier alpha value is -0.300. The van der Waals surface area contributed by atoms with Crippen molar-refractivity contribution in [2.75, 3.05) is 0 Å². The molecule has 1 radical (unpaired) electrons. The Morgan fingerprint density at radius 2 is 2.25 bits per heavy atom. The van der Waals surface area contributed by atoms with Gasteiger partial charge in [0, 0.05) is 0 Å². The minimum absolute atomic E-state index is 0.424. The highest BCUT2D eigenvalue weighted by Gasteiger charge is 1.95. The van der Waals surface area contributed by atoms with Gasteiger partial charge in [0.1, 0.15) is 0 Å². The van der Waals surface area contributed by atoms with E-state index in [-0.39, 0.29) is 0 Å². The zero-order chi connectivity index (χ0) is 6.57. The summed E-state index contributed by atoms with van der Waals surface area (Å²) in [5.41, 5.74) is 1.10. The second-order valence-corrected chi connectivity index (χ2v) is 2.31. The maximum atomic E-state index is 10.4. The zero-order valence-corrected chi connectivity index (χ0v) is 5.61. The predicted octanol–water partition coefficient (Wildman–Crippen LogP) is 2.16. The van der Waals surface area contributed by atoms with Gasteiger partial charge < -0.3 is 0 Å². The summed E-state index contributed by atoms with van der Waals surface area (Å²) in [4.78, 5) is 0. The molecular formula is C7H13O. The molecule has 0 bridgehead atoms. The van der Waals surface area contributed by atoms with Crippen LogP contribution in [-0.4, -0.2) is 6.10 Å². The van der Waals surface area contributed by atoms with Crippen LogP contribution in [0.2, 0.25) is 0 Å². The van der Waals surface area contributed by atoms with Crippen molar-refractivity contribution < 1.29 is 5.11 Å². The van der Waals surface area contributed by atoms with Gasteiger partial charge in [-0.1, -0.05) is 5.57 Å².